The van der Waals surface area contributed by atoms with Gasteiger partial charge in [0, 0.05) is 11.3 Å². The molecule has 0 bridgehead atoms. The molecule has 2 aromatic carbocycles. The summed E-state index contributed by atoms with van der Waals surface area (Å²) in [6.07, 6.45) is 9.78. The minimum atomic E-state index is 0.0588. The normalized spacial score (nSPS) is 24.0. The standard InChI is InChI=1S/C22H29P/c1-2-3-4-11-18-23-21(19-12-7-5-8-13-19)16-17-22(23)20-14-9-6-10-15-20/h5-10,12-15,21-22H,2-4,11,16-18H2,1H3. The topological polar surface area (TPSA) is 0 Å². The van der Waals surface area contributed by atoms with Crippen molar-refractivity contribution in [3.8, 4) is 0 Å². The molecule has 1 heterocycles. The summed E-state index contributed by atoms with van der Waals surface area (Å²) in [4.78, 5) is 0. The smallest absolute Gasteiger partial charge is 0.00476 e. The summed E-state index contributed by atoms with van der Waals surface area (Å²) in [5, 5.41) is 0. The lowest BCUT2D eigenvalue weighted by Gasteiger charge is -2.27. The van der Waals surface area contributed by atoms with Crippen molar-refractivity contribution in [3.63, 3.8) is 0 Å². The lowest BCUT2D eigenvalue weighted by molar-refractivity contribution is 0.703. The highest BCUT2D eigenvalue weighted by molar-refractivity contribution is 7.58. The third-order valence-electron chi connectivity index (χ3n) is 5.15. The molecular weight excluding hydrogens is 295 g/mol. The molecular formula is C22H29P. The second-order valence-corrected chi connectivity index (χ2v) is 9.45. The minimum absolute atomic E-state index is 0.0588. The van der Waals surface area contributed by atoms with Crippen molar-refractivity contribution in [2.75, 3.05) is 6.16 Å². The molecule has 23 heavy (non-hydrogen) atoms. The van der Waals surface area contributed by atoms with E-state index >= 15 is 0 Å². The van der Waals surface area contributed by atoms with Crippen LogP contribution in [-0.2, 0) is 0 Å². The Morgan fingerprint density at radius 3 is 1.74 bits per heavy atom. The SMILES string of the molecule is CCCCCCP1C(c2ccccc2)CCC1c1ccccc1. The van der Waals surface area contributed by atoms with Gasteiger partial charge in [-0.05, 0) is 36.6 Å². The van der Waals surface area contributed by atoms with E-state index < -0.39 is 0 Å². The van der Waals surface area contributed by atoms with Crippen LogP contribution < -0.4 is 0 Å². The first-order chi connectivity index (χ1) is 11.4. The molecule has 122 valence electrons. The van der Waals surface area contributed by atoms with Crippen molar-refractivity contribution in [2.45, 2.75) is 56.8 Å². The maximum absolute atomic E-state index is 2.36. The van der Waals surface area contributed by atoms with Gasteiger partial charge in [0.2, 0.25) is 0 Å². The van der Waals surface area contributed by atoms with Gasteiger partial charge in [0.1, 0.15) is 0 Å². The summed E-state index contributed by atoms with van der Waals surface area (Å²) in [7, 11) is 0.0588. The minimum Gasteiger partial charge on any atom is -0.0913 e. The van der Waals surface area contributed by atoms with Gasteiger partial charge in [-0.15, -0.1) is 0 Å². The molecule has 1 heteroatoms. The zero-order chi connectivity index (χ0) is 15.9. The third-order valence-corrected chi connectivity index (χ3v) is 8.70. The molecule has 0 spiro atoms. The predicted molar refractivity (Wildman–Crippen MR) is 104 cm³/mol. The van der Waals surface area contributed by atoms with Gasteiger partial charge < -0.3 is 0 Å². The molecule has 1 fully saturated rings. The Bertz CT molecular complexity index is 516. The van der Waals surface area contributed by atoms with E-state index in [-0.39, 0.29) is 7.92 Å². The van der Waals surface area contributed by atoms with E-state index in [1.54, 1.807) is 11.1 Å². The largest absolute Gasteiger partial charge is 0.0913 e. The van der Waals surface area contributed by atoms with Gasteiger partial charge in [-0.25, -0.2) is 0 Å². The Hall–Kier alpha value is -1.13. The average Bonchev–Trinajstić information content (AvgIpc) is 3.04. The molecule has 1 saturated heterocycles. The third kappa shape index (κ3) is 4.24. The molecule has 2 atom stereocenters. The van der Waals surface area contributed by atoms with Crippen LogP contribution in [0.4, 0.5) is 0 Å². The Balaban J connectivity index is 1.77. The Kier molecular flexibility index (Phi) is 6.29. The molecule has 1 aliphatic heterocycles. The van der Waals surface area contributed by atoms with Crippen molar-refractivity contribution in [1.82, 2.24) is 0 Å². The number of rotatable bonds is 7. The maximum Gasteiger partial charge on any atom is 0.00476 e. The fourth-order valence-corrected chi connectivity index (χ4v) is 7.68. The maximum atomic E-state index is 2.36. The molecule has 0 radical (unpaired) electrons. The van der Waals surface area contributed by atoms with E-state index in [0.717, 1.165) is 11.3 Å². The molecule has 0 nitrogen and oxygen atoms in total. The molecule has 2 aromatic rings. The van der Waals surface area contributed by atoms with Crippen LogP contribution in [0.25, 0.3) is 0 Å². The number of unbranched alkanes of at least 4 members (excludes halogenated alkanes) is 3. The van der Waals surface area contributed by atoms with Gasteiger partial charge >= 0.3 is 0 Å². The van der Waals surface area contributed by atoms with Crippen LogP contribution in [0.1, 0.15) is 67.9 Å². The van der Waals surface area contributed by atoms with E-state index in [4.69, 9.17) is 0 Å². The Morgan fingerprint density at radius 2 is 1.26 bits per heavy atom. The fraction of sp³-hybridized carbons (Fsp3) is 0.455. The zero-order valence-electron chi connectivity index (χ0n) is 14.3. The molecule has 3 rings (SSSR count). The highest BCUT2D eigenvalue weighted by Gasteiger charge is 2.36. The van der Waals surface area contributed by atoms with Crippen LogP contribution in [0.5, 0.6) is 0 Å². The zero-order valence-corrected chi connectivity index (χ0v) is 15.2. The van der Waals surface area contributed by atoms with Crippen LogP contribution >= 0.6 is 7.92 Å². The first-order valence-corrected chi connectivity index (χ1v) is 10.9. The highest BCUT2D eigenvalue weighted by Crippen LogP contribution is 2.70. The average molecular weight is 324 g/mol. The van der Waals surface area contributed by atoms with Crippen molar-refractivity contribution in [1.29, 1.82) is 0 Å². The van der Waals surface area contributed by atoms with Gasteiger partial charge in [-0.3, -0.25) is 0 Å². The second kappa shape index (κ2) is 8.65. The van der Waals surface area contributed by atoms with E-state index in [1.807, 2.05) is 0 Å². The molecule has 2 unspecified atom stereocenters. The molecule has 0 aliphatic carbocycles. The first kappa shape index (κ1) is 16.7. The summed E-state index contributed by atoms with van der Waals surface area (Å²) < 4.78 is 0. The van der Waals surface area contributed by atoms with E-state index in [9.17, 15) is 0 Å². The lowest BCUT2D eigenvalue weighted by atomic mass is 10.0. The van der Waals surface area contributed by atoms with Crippen molar-refractivity contribution in [3.05, 3.63) is 71.8 Å². The predicted octanol–water partition coefficient (Wildman–Crippen LogP) is 7.33. The quantitative estimate of drug-likeness (QED) is 0.369. The van der Waals surface area contributed by atoms with E-state index in [2.05, 4.69) is 67.6 Å². The summed E-state index contributed by atoms with van der Waals surface area (Å²) in [6.45, 7) is 2.31. The first-order valence-electron chi connectivity index (χ1n) is 9.25. The highest BCUT2D eigenvalue weighted by atomic mass is 31.1. The Labute approximate surface area is 143 Å². The van der Waals surface area contributed by atoms with E-state index in [0.29, 0.717) is 0 Å². The number of benzene rings is 2. The molecule has 1 aliphatic rings. The van der Waals surface area contributed by atoms with Crippen molar-refractivity contribution in [2.24, 2.45) is 0 Å². The summed E-state index contributed by atoms with van der Waals surface area (Å²) in [5.74, 6) is 0. The lowest BCUT2D eigenvalue weighted by Crippen LogP contribution is -1.98. The van der Waals surface area contributed by atoms with Gasteiger partial charge in [0.05, 0.1) is 0 Å². The van der Waals surface area contributed by atoms with Crippen LogP contribution in [0.2, 0.25) is 0 Å². The summed E-state index contributed by atoms with van der Waals surface area (Å²) in [6, 6.07) is 22.6. The molecule has 0 saturated carbocycles. The van der Waals surface area contributed by atoms with Crippen LogP contribution in [0.15, 0.2) is 60.7 Å². The number of hydrogen-bond acceptors (Lipinski definition) is 0. The van der Waals surface area contributed by atoms with Crippen LogP contribution in [0.3, 0.4) is 0 Å². The molecule has 0 N–H and O–H groups in total. The van der Waals surface area contributed by atoms with Gasteiger partial charge in [-0.1, -0.05) is 94.8 Å². The van der Waals surface area contributed by atoms with Gasteiger partial charge in [0.15, 0.2) is 0 Å². The second-order valence-electron chi connectivity index (χ2n) is 6.73. The molecule has 0 aromatic heterocycles. The monoisotopic (exact) mass is 324 g/mol. The van der Waals surface area contributed by atoms with Crippen LogP contribution in [-0.4, -0.2) is 6.16 Å². The summed E-state index contributed by atoms with van der Waals surface area (Å²) in [5.41, 5.74) is 4.82. The fourth-order valence-electron chi connectivity index (χ4n) is 3.96. The van der Waals surface area contributed by atoms with Crippen molar-refractivity contribution < 1.29 is 0 Å². The molecule has 0 amide bonds. The van der Waals surface area contributed by atoms with Gasteiger partial charge in [0.25, 0.3) is 0 Å². The van der Waals surface area contributed by atoms with Gasteiger partial charge in [-0.2, -0.15) is 0 Å². The van der Waals surface area contributed by atoms with Crippen LogP contribution in [0, 0.1) is 0 Å². The van der Waals surface area contributed by atoms with E-state index in [1.165, 1.54) is 44.7 Å². The summed E-state index contributed by atoms with van der Waals surface area (Å²) >= 11 is 0. The Morgan fingerprint density at radius 1 is 0.739 bits per heavy atom. The number of hydrogen-bond donors (Lipinski definition) is 0. The van der Waals surface area contributed by atoms with Crippen molar-refractivity contribution >= 4 is 7.92 Å².